The van der Waals surface area contributed by atoms with Gasteiger partial charge in [0.15, 0.2) is 0 Å². The summed E-state index contributed by atoms with van der Waals surface area (Å²) in [7, 11) is 0. The highest BCUT2D eigenvalue weighted by Gasteiger charge is 2.11. The lowest BCUT2D eigenvalue weighted by Gasteiger charge is -2.09. The van der Waals surface area contributed by atoms with Gasteiger partial charge in [-0.05, 0) is 30.7 Å². The van der Waals surface area contributed by atoms with Gasteiger partial charge < -0.3 is 15.6 Å². The van der Waals surface area contributed by atoms with Crippen molar-refractivity contribution in [1.82, 2.24) is 14.8 Å². The maximum atomic E-state index is 8.93. The van der Waals surface area contributed by atoms with Gasteiger partial charge in [-0.25, -0.2) is 4.68 Å². The number of hydrogen-bond donors (Lipinski definition) is 2. The van der Waals surface area contributed by atoms with Crippen LogP contribution in [0.25, 0.3) is 16.8 Å². The first-order valence-corrected chi connectivity index (χ1v) is 7.28. The molecule has 6 heteroatoms. The summed E-state index contributed by atoms with van der Waals surface area (Å²) in [6, 6.07) is 7.49. The number of aliphatic hydroxyl groups is 1. The number of nitrogens with zero attached hydrogens (tertiary/aromatic N) is 3. The van der Waals surface area contributed by atoms with Gasteiger partial charge in [-0.1, -0.05) is 6.07 Å². The molecule has 0 aliphatic rings. The van der Waals surface area contributed by atoms with E-state index in [1.807, 2.05) is 31.3 Å². The second kappa shape index (κ2) is 6.50. The zero-order chi connectivity index (χ0) is 16.2. The van der Waals surface area contributed by atoms with Crippen molar-refractivity contribution in [3.63, 3.8) is 0 Å². The Kier molecular flexibility index (Phi) is 4.25. The first-order chi connectivity index (χ1) is 11.2. The van der Waals surface area contributed by atoms with E-state index >= 15 is 0 Å². The molecule has 0 saturated carbocycles. The molecule has 0 atom stereocenters. The van der Waals surface area contributed by atoms with Gasteiger partial charge in [-0.15, -0.1) is 0 Å². The Bertz CT molecular complexity index is 814. The van der Waals surface area contributed by atoms with Gasteiger partial charge in [0, 0.05) is 35.4 Å². The summed E-state index contributed by atoms with van der Waals surface area (Å²) < 4.78 is 7.33. The van der Waals surface area contributed by atoms with Gasteiger partial charge in [-0.3, -0.25) is 4.98 Å². The molecule has 0 fully saturated rings. The fourth-order valence-corrected chi connectivity index (χ4v) is 2.35. The minimum Gasteiger partial charge on any atom is -0.490 e. The van der Waals surface area contributed by atoms with Crippen LogP contribution in [0.5, 0.6) is 5.75 Å². The fraction of sp³-hybridized carbons (Fsp3) is 0.176. The molecular weight excluding hydrogens is 292 g/mol. The molecule has 3 rings (SSSR count). The first-order valence-electron chi connectivity index (χ1n) is 7.28. The minimum atomic E-state index is -0.0382. The standard InChI is InChI=1S/C17H18N4O2/c1-12-2-3-14(18)8-16(12)21-11-13(9-20-21)15-10-19-5-4-17(15)23-7-6-22/h2-5,8-11,22H,6-7,18H2,1H3. The van der Waals surface area contributed by atoms with Gasteiger partial charge in [0.25, 0.3) is 0 Å². The fourth-order valence-electron chi connectivity index (χ4n) is 2.35. The molecule has 6 nitrogen and oxygen atoms in total. The lowest BCUT2D eigenvalue weighted by atomic mass is 10.1. The van der Waals surface area contributed by atoms with Crippen molar-refractivity contribution in [3.05, 3.63) is 54.6 Å². The Morgan fingerprint density at radius 3 is 2.96 bits per heavy atom. The summed E-state index contributed by atoms with van der Waals surface area (Å²) >= 11 is 0. The molecule has 3 N–H and O–H groups in total. The third-order valence-electron chi connectivity index (χ3n) is 3.50. The molecule has 2 aromatic heterocycles. The van der Waals surface area contributed by atoms with Crippen LogP contribution >= 0.6 is 0 Å². The van der Waals surface area contributed by atoms with Crippen molar-refractivity contribution >= 4 is 5.69 Å². The number of aromatic nitrogens is 3. The highest BCUT2D eigenvalue weighted by molar-refractivity contribution is 5.68. The van der Waals surface area contributed by atoms with Crippen LogP contribution in [0.2, 0.25) is 0 Å². The number of nitrogens with two attached hydrogens (primary N) is 1. The summed E-state index contributed by atoms with van der Waals surface area (Å²) in [5.41, 5.74) is 10.3. The van der Waals surface area contributed by atoms with Crippen molar-refractivity contribution in [2.75, 3.05) is 18.9 Å². The number of pyridine rings is 1. The number of aryl methyl sites for hydroxylation is 1. The molecule has 2 heterocycles. The van der Waals surface area contributed by atoms with Gasteiger partial charge in [0.05, 0.1) is 18.5 Å². The molecule has 0 spiro atoms. The maximum Gasteiger partial charge on any atom is 0.130 e. The lowest BCUT2D eigenvalue weighted by molar-refractivity contribution is 0.202. The number of nitrogen functional groups attached to an aromatic ring is 1. The Morgan fingerprint density at radius 2 is 2.13 bits per heavy atom. The molecule has 0 bridgehead atoms. The highest BCUT2D eigenvalue weighted by atomic mass is 16.5. The van der Waals surface area contributed by atoms with Crippen LogP contribution < -0.4 is 10.5 Å². The minimum absolute atomic E-state index is 0.0382. The van der Waals surface area contributed by atoms with Crippen molar-refractivity contribution in [1.29, 1.82) is 0 Å². The summed E-state index contributed by atoms with van der Waals surface area (Å²) in [6.45, 7) is 2.21. The summed E-state index contributed by atoms with van der Waals surface area (Å²) in [5.74, 6) is 0.665. The van der Waals surface area contributed by atoms with E-state index in [0.717, 1.165) is 22.4 Å². The Hall–Kier alpha value is -2.86. The molecule has 3 aromatic rings. The van der Waals surface area contributed by atoms with Crippen molar-refractivity contribution in [2.45, 2.75) is 6.92 Å². The number of ether oxygens (including phenoxy) is 1. The molecule has 0 aliphatic carbocycles. The first kappa shape index (κ1) is 15.1. The molecule has 118 valence electrons. The molecule has 1 aromatic carbocycles. The SMILES string of the molecule is Cc1ccc(N)cc1-n1cc(-c2cnccc2OCCO)cn1. The monoisotopic (exact) mass is 310 g/mol. The average molecular weight is 310 g/mol. The number of benzene rings is 1. The molecule has 0 unspecified atom stereocenters. The van der Waals surface area contributed by atoms with E-state index in [9.17, 15) is 0 Å². The largest absolute Gasteiger partial charge is 0.490 e. The van der Waals surface area contributed by atoms with E-state index in [1.54, 1.807) is 29.3 Å². The Balaban J connectivity index is 1.98. The smallest absolute Gasteiger partial charge is 0.130 e. The lowest BCUT2D eigenvalue weighted by Crippen LogP contribution is -2.02. The zero-order valence-electron chi connectivity index (χ0n) is 12.8. The van der Waals surface area contributed by atoms with Crippen molar-refractivity contribution in [3.8, 4) is 22.6 Å². The van der Waals surface area contributed by atoms with E-state index in [-0.39, 0.29) is 13.2 Å². The zero-order valence-corrected chi connectivity index (χ0v) is 12.8. The van der Waals surface area contributed by atoms with E-state index in [2.05, 4.69) is 10.1 Å². The second-order valence-corrected chi connectivity index (χ2v) is 5.16. The van der Waals surface area contributed by atoms with Crippen LogP contribution in [0.15, 0.2) is 49.1 Å². The average Bonchev–Trinajstić information content (AvgIpc) is 3.05. The van der Waals surface area contributed by atoms with Gasteiger partial charge in [-0.2, -0.15) is 5.10 Å². The molecule has 0 aliphatic heterocycles. The predicted molar refractivity (Wildman–Crippen MR) is 88.5 cm³/mol. The molecule has 0 radical (unpaired) electrons. The van der Waals surface area contributed by atoms with Gasteiger partial charge in [0.1, 0.15) is 12.4 Å². The quantitative estimate of drug-likeness (QED) is 0.706. The highest BCUT2D eigenvalue weighted by Crippen LogP contribution is 2.29. The molecule has 0 amide bonds. The molecule has 0 saturated heterocycles. The van der Waals surface area contributed by atoms with Gasteiger partial charge >= 0.3 is 0 Å². The van der Waals surface area contributed by atoms with E-state index < -0.39 is 0 Å². The van der Waals surface area contributed by atoms with Crippen LogP contribution in [0.3, 0.4) is 0 Å². The summed E-state index contributed by atoms with van der Waals surface area (Å²) in [6.07, 6.45) is 7.04. The second-order valence-electron chi connectivity index (χ2n) is 5.16. The summed E-state index contributed by atoms with van der Waals surface area (Å²) in [5, 5.41) is 13.3. The van der Waals surface area contributed by atoms with E-state index in [1.165, 1.54) is 0 Å². The van der Waals surface area contributed by atoms with E-state index in [4.69, 9.17) is 15.6 Å². The van der Waals surface area contributed by atoms with Crippen molar-refractivity contribution < 1.29 is 9.84 Å². The topological polar surface area (TPSA) is 86.2 Å². The van der Waals surface area contributed by atoms with Crippen molar-refractivity contribution in [2.24, 2.45) is 0 Å². The number of anilines is 1. The number of hydrogen-bond acceptors (Lipinski definition) is 5. The summed E-state index contributed by atoms with van der Waals surface area (Å²) in [4.78, 5) is 4.14. The van der Waals surface area contributed by atoms with Crippen LogP contribution in [0.4, 0.5) is 5.69 Å². The third-order valence-corrected chi connectivity index (χ3v) is 3.50. The Labute approximate surface area is 134 Å². The molecular formula is C17H18N4O2. The van der Waals surface area contributed by atoms with Crippen LogP contribution in [0.1, 0.15) is 5.56 Å². The number of rotatable bonds is 5. The molecule has 23 heavy (non-hydrogen) atoms. The van der Waals surface area contributed by atoms with E-state index in [0.29, 0.717) is 11.4 Å². The normalized spacial score (nSPS) is 10.7. The number of aliphatic hydroxyl groups excluding tert-OH is 1. The third kappa shape index (κ3) is 3.17. The van der Waals surface area contributed by atoms with Crippen LogP contribution in [-0.2, 0) is 0 Å². The predicted octanol–water partition coefficient (Wildman–Crippen LogP) is 2.20. The van der Waals surface area contributed by atoms with Gasteiger partial charge in [0.2, 0.25) is 0 Å². The van der Waals surface area contributed by atoms with Crippen LogP contribution in [0, 0.1) is 6.92 Å². The maximum absolute atomic E-state index is 8.93. The van der Waals surface area contributed by atoms with Crippen LogP contribution in [-0.4, -0.2) is 33.1 Å². The Morgan fingerprint density at radius 1 is 1.26 bits per heavy atom.